The van der Waals surface area contributed by atoms with Gasteiger partial charge in [0.25, 0.3) is 0 Å². The second-order valence-electron chi connectivity index (χ2n) is 5.41. The van der Waals surface area contributed by atoms with Crippen LogP contribution in [0.15, 0.2) is 12.3 Å². The zero-order valence-electron chi connectivity index (χ0n) is 11.6. The summed E-state index contributed by atoms with van der Waals surface area (Å²) in [7, 11) is 0. The molecule has 0 aliphatic heterocycles. The lowest BCUT2D eigenvalue weighted by Crippen LogP contribution is -2.34. The van der Waals surface area contributed by atoms with Crippen molar-refractivity contribution < 1.29 is 4.79 Å². The molecule has 1 amide bonds. The first-order chi connectivity index (χ1) is 9.20. The van der Waals surface area contributed by atoms with Gasteiger partial charge in [0.2, 0.25) is 5.91 Å². The van der Waals surface area contributed by atoms with Crippen LogP contribution in [0, 0.1) is 5.92 Å². The molecular weight excluding hydrogens is 240 g/mol. The summed E-state index contributed by atoms with van der Waals surface area (Å²) >= 11 is 0. The zero-order valence-corrected chi connectivity index (χ0v) is 11.6. The van der Waals surface area contributed by atoms with Gasteiger partial charge in [-0.1, -0.05) is 19.8 Å². The molecule has 5 nitrogen and oxygen atoms in total. The zero-order chi connectivity index (χ0) is 13.7. The van der Waals surface area contributed by atoms with Crippen LogP contribution in [0.5, 0.6) is 0 Å². The Bertz CT molecular complexity index is 415. The fourth-order valence-electron chi connectivity index (χ4n) is 2.62. The second kappa shape index (κ2) is 6.70. The van der Waals surface area contributed by atoms with E-state index in [0.29, 0.717) is 0 Å². The van der Waals surface area contributed by atoms with Crippen LogP contribution in [-0.4, -0.2) is 21.7 Å². The number of hydrogen-bond donors (Lipinski definition) is 2. The maximum atomic E-state index is 12.2. The van der Waals surface area contributed by atoms with E-state index in [9.17, 15) is 4.79 Å². The molecule has 1 aliphatic rings. The Morgan fingerprint density at radius 2 is 2.42 bits per heavy atom. The van der Waals surface area contributed by atoms with Crippen LogP contribution in [0.1, 0.15) is 45.4 Å². The Kier molecular flexibility index (Phi) is 4.96. The lowest BCUT2D eigenvalue weighted by Gasteiger charge is -2.25. The van der Waals surface area contributed by atoms with Gasteiger partial charge in [-0.15, -0.1) is 0 Å². The van der Waals surface area contributed by atoms with Gasteiger partial charge in [-0.25, -0.2) is 4.68 Å². The van der Waals surface area contributed by atoms with Crippen LogP contribution in [0.3, 0.4) is 0 Å². The number of carbonyl (C=O) groups is 1. The molecule has 0 aromatic carbocycles. The minimum absolute atomic E-state index is 0.0540. The van der Waals surface area contributed by atoms with E-state index in [-0.39, 0.29) is 17.9 Å². The predicted molar refractivity (Wildman–Crippen MR) is 75.7 cm³/mol. The molecule has 2 atom stereocenters. The molecule has 1 aromatic rings. The van der Waals surface area contributed by atoms with E-state index in [0.717, 1.165) is 50.9 Å². The molecule has 1 aromatic heterocycles. The van der Waals surface area contributed by atoms with Gasteiger partial charge < -0.3 is 11.1 Å². The smallest absolute Gasteiger partial charge is 0.228 e. The minimum Gasteiger partial charge on any atom is -0.328 e. The fraction of sp³-hybridized carbons (Fsp3) is 0.714. The van der Waals surface area contributed by atoms with Crippen molar-refractivity contribution in [2.45, 2.75) is 58.0 Å². The topological polar surface area (TPSA) is 72.9 Å². The van der Waals surface area contributed by atoms with Gasteiger partial charge in [0.15, 0.2) is 0 Å². The van der Waals surface area contributed by atoms with E-state index in [1.54, 1.807) is 6.20 Å². The minimum atomic E-state index is 0.0540. The van der Waals surface area contributed by atoms with Crippen molar-refractivity contribution in [2.75, 3.05) is 5.32 Å². The Morgan fingerprint density at radius 3 is 3.16 bits per heavy atom. The Labute approximate surface area is 114 Å². The van der Waals surface area contributed by atoms with E-state index in [4.69, 9.17) is 5.73 Å². The molecule has 1 fully saturated rings. The predicted octanol–water partition coefficient (Wildman–Crippen LogP) is 2.14. The number of anilines is 1. The van der Waals surface area contributed by atoms with Crippen LogP contribution < -0.4 is 11.1 Å². The molecule has 1 aliphatic carbocycles. The summed E-state index contributed by atoms with van der Waals surface area (Å²) in [5, 5.41) is 7.24. The van der Waals surface area contributed by atoms with Crippen LogP contribution >= 0.6 is 0 Å². The number of aromatic nitrogens is 2. The third-order valence-electron chi connectivity index (χ3n) is 3.78. The Balaban J connectivity index is 1.92. The number of nitrogens with one attached hydrogen (secondary N) is 1. The summed E-state index contributed by atoms with van der Waals surface area (Å²) in [6, 6.07) is 2.03. The van der Waals surface area contributed by atoms with Gasteiger partial charge in [0.05, 0.1) is 6.20 Å². The number of unbranched alkanes of at least 4 members (excludes halogenated alkanes) is 1. The van der Waals surface area contributed by atoms with Crippen LogP contribution in [0.4, 0.5) is 5.82 Å². The van der Waals surface area contributed by atoms with Crippen molar-refractivity contribution >= 4 is 11.7 Å². The molecule has 0 spiro atoms. The quantitative estimate of drug-likeness (QED) is 0.855. The first-order valence-electron chi connectivity index (χ1n) is 7.29. The third kappa shape index (κ3) is 3.80. The molecule has 0 bridgehead atoms. The average Bonchev–Trinajstić information content (AvgIpc) is 2.83. The molecule has 2 rings (SSSR count). The largest absolute Gasteiger partial charge is 0.328 e. The van der Waals surface area contributed by atoms with Gasteiger partial charge >= 0.3 is 0 Å². The molecule has 2 unspecified atom stereocenters. The number of nitrogens with zero attached hydrogens (tertiary/aromatic N) is 2. The Morgan fingerprint density at radius 1 is 1.58 bits per heavy atom. The van der Waals surface area contributed by atoms with Gasteiger partial charge in [0, 0.05) is 24.6 Å². The van der Waals surface area contributed by atoms with E-state index < -0.39 is 0 Å². The summed E-state index contributed by atoms with van der Waals surface area (Å²) in [6.45, 7) is 2.99. The molecule has 106 valence electrons. The van der Waals surface area contributed by atoms with Crippen molar-refractivity contribution in [1.82, 2.24) is 9.78 Å². The van der Waals surface area contributed by atoms with Crippen molar-refractivity contribution in [3.63, 3.8) is 0 Å². The summed E-state index contributed by atoms with van der Waals surface area (Å²) in [6.07, 6.45) is 7.76. The highest BCUT2D eigenvalue weighted by Crippen LogP contribution is 2.24. The number of nitrogens with two attached hydrogens (primary N) is 1. The fourth-order valence-corrected chi connectivity index (χ4v) is 2.62. The first kappa shape index (κ1) is 14.1. The van der Waals surface area contributed by atoms with E-state index in [2.05, 4.69) is 17.3 Å². The first-order valence-corrected chi connectivity index (χ1v) is 7.29. The van der Waals surface area contributed by atoms with Gasteiger partial charge in [-0.05, 0) is 25.7 Å². The molecule has 0 saturated heterocycles. The SMILES string of the molecule is CCCCn1nccc1NC(=O)C1CCCC(N)C1. The van der Waals surface area contributed by atoms with E-state index in [1.807, 2.05) is 10.7 Å². The van der Waals surface area contributed by atoms with Crippen LogP contribution in [0.2, 0.25) is 0 Å². The van der Waals surface area contributed by atoms with Crippen LogP contribution in [-0.2, 0) is 11.3 Å². The molecule has 3 N–H and O–H groups in total. The van der Waals surface area contributed by atoms with Crippen molar-refractivity contribution in [3.8, 4) is 0 Å². The summed E-state index contributed by atoms with van der Waals surface area (Å²) in [4.78, 5) is 12.2. The molecule has 5 heteroatoms. The van der Waals surface area contributed by atoms with Gasteiger partial charge in [0.1, 0.15) is 5.82 Å². The number of hydrogen-bond acceptors (Lipinski definition) is 3. The molecule has 1 saturated carbocycles. The van der Waals surface area contributed by atoms with Gasteiger partial charge in [-0.3, -0.25) is 4.79 Å². The lowest BCUT2D eigenvalue weighted by molar-refractivity contribution is -0.120. The summed E-state index contributed by atoms with van der Waals surface area (Å²) in [5.74, 6) is 0.948. The maximum absolute atomic E-state index is 12.2. The van der Waals surface area contributed by atoms with Crippen molar-refractivity contribution in [1.29, 1.82) is 0 Å². The van der Waals surface area contributed by atoms with Crippen molar-refractivity contribution in [2.24, 2.45) is 11.7 Å². The highest BCUT2D eigenvalue weighted by molar-refractivity contribution is 5.91. The number of aryl methyl sites for hydroxylation is 1. The highest BCUT2D eigenvalue weighted by Gasteiger charge is 2.25. The van der Waals surface area contributed by atoms with E-state index in [1.165, 1.54) is 0 Å². The van der Waals surface area contributed by atoms with Crippen molar-refractivity contribution in [3.05, 3.63) is 12.3 Å². The standard InChI is InChI=1S/C14H24N4O/c1-2-3-9-18-13(7-8-16-18)17-14(19)11-5-4-6-12(15)10-11/h7-8,11-12H,2-6,9-10,15H2,1H3,(H,17,19). The van der Waals surface area contributed by atoms with Gasteiger partial charge in [-0.2, -0.15) is 5.10 Å². The highest BCUT2D eigenvalue weighted by atomic mass is 16.2. The molecule has 0 radical (unpaired) electrons. The number of carbonyl (C=O) groups excluding carboxylic acids is 1. The van der Waals surface area contributed by atoms with E-state index >= 15 is 0 Å². The second-order valence-corrected chi connectivity index (χ2v) is 5.41. The number of rotatable bonds is 5. The molecular formula is C14H24N4O. The summed E-state index contributed by atoms with van der Waals surface area (Å²) in [5.41, 5.74) is 5.93. The third-order valence-corrected chi connectivity index (χ3v) is 3.78. The molecule has 1 heterocycles. The summed E-state index contributed by atoms with van der Waals surface area (Å²) < 4.78 is 1.87. The average molecular weight is 264 g/mol. The normalized spacial score (nSPS) is 23.3. The monoisotopic (exact) mass is 264 g/mol. The Hall–Kier alpha value is -1.36. The molecule has 19 heavy (non-hydrogen) atoms. The lowest BCUT2D eigenvalue weighted by atomic mass is 9.85. The number of amides is 1. The maximum Gasteiger partial charge on any atom is 0.228 e. The van der Waals surface area contributed by atoms with Crippen LogP contribution in [0.25, 0.3) is 0 Å².